The number of aromatic nitrogens is 2. The number of nitrogens with zero attached hydrogens (tertiary/aromatic N) is 2. The Hall–Kier alpha value is -2.10. The number of halogens is 1. The van der Waals surface area contributed by atoms with Crippen molar-refractivity contribution in [1.29, 1.82) is 0 Å². The van der Waals surface area contributed by atoms with Gasteiger partial charge in [-0.15, -0.1) is 10.2 Å². The normalized spacial score (nSPS) is 10.9. The van der Waals surface area contributed by atoms with E-state index < -0.39 is 5.91 Å². The maximum Gasteiger partial charge on any atom is 0.316 e. The summed E-state index contributed by atoms with van der Waals surface area (Å²) in [5, 5.41) is 12.2. The third-order valence-corrected chi connectivity index (χ3v) is 5.53. The second-order valence-electron chi connectivity index (χ2n) is 5.12. The summed E-state index contributed by atoms with van der Waals surface area (Å²) in [6.07, 6.45) is 0. The van der Waals surface area contributed by atoms with Crippen molar-refractivity contribution in [2.24, 2.45) is 0 Å². The fraction of sp³-hybridized carbons (Fsp3) is 0.250. The summed E-state index contributed by atoms with van der Waals surface area (Å²) >= 11 is 8.36. The maximum atomic E-state index is 12.5. The summed E-state index contributed by atoms with van der Waals surface area (Å²) in [4.78, 5) is 23.8. The molecule has 26 heavy (non-hydrogen) atoms. The van der Waals surface area contributed by atoms with Gasteiger partial charge >= 0.3 is 5.97 Å². The summed E-state index contributed by atoms with van der Waals surface area (Å²) in [5.41, 5.74) is 1.28. The average Bonchev–Trinajstić information content (AvgIpc) is 3.18. The molecule has 0 aliphatic rings. The minimum Gasteiger partial charge on any atom is -0.465 e. The zero-order chi connectivity index (χ0) is 18.7. The van der Waals surface area contributed by atoms with E-state index in [0.29, 0.717) is 32.2 Å². The Kier molecular flexibility index (Phi) is 5.80. The number of fused-ring (bicyclic) bond motifs is 1. The standard InChI is InChI=1S/C16H14ClN3O4S2/c1-3-23-12(21)7-25-16-20-19-15(26-16)18-14(22)13-8(2)10-6-9(17)4-5-11(10)24-13/h4-6H,3,7H2,1-2H3,(H,18,19,22). The summed E-state index contributed by atoms with van der Waals surface area (Å²) < 4.78 is 11.0. The molecule has 10 heteroatoms. The highest BCUT2D eigenvalue weighted by molar-refractivity contribution is 8.01. The van der Waals surface area contributed by atoms with Crippen LogP contribution in [0.15, 0.2) is 27.0 Å². The number of benzene rings is 1. The number of aryl methyl sites for hydroxylation is 1. The van der Waals surface area contributed by atoms with Gasteiger partial charge in [-0.1, -0.05) is 34.7 Å². The van der Waals surface area contributed by atoms with Gasteiger partial charge in [-0.25, -0.2) is 0 Å². The molecule has 0 atom stereocenters. The average molecular weight is 412 g/mol. The molecule has 0 aliphatic heterocycles. The molecule has 2 heterocycles. The van der Waals surface area contributed by atoms with Crippen LogP contribution < -0.4 is 5.32 Å². The van der Waals surface area contributed by atoms with Crippen molar-refractivity contribution >= 4 is 62.7 Å². The molecular weight excluding hydrogens is 398 g/mol. The lowest BCUT2D eigenvalue weighted by molar-refractivity contribution is -0.139. The zero-order valence-corrected chi connectivity index (χ0v) is 16.3. The predicted molar refractivity (Wildman–Crippen MR) is 101 cm³/mol. The molecular formula is C16H14ClN3O4S2. The Morgan fingerprint density at radius 1 is 1.38 bits per heavy atom. The largest absolute Gasteiger partial charge is 0.465 e. The van der Waals surface area contributed by atoms with Gasteiger partial charge in [0.25, 0.3) is 5.91 Å². The molecule has 0 bridgehead atoms. The Bertz CT molecular complexity index is 970. The molecule has 0 saturated heterocycles. The Morgan fingerprint density at radius 2 is 2.19 bits per heavy atom. The molecule has 2 aromatic heterocycles. The number of anilines is 1. The van der Waals surface area contributed by atoms with Gasteiger partial charge in [-0.3, -0.25) is 14.9 Å². The Morgan fingerprint density at radius 3 is 2.96 bits per heavy atom. The van der Waals surface area contributed by atoms with E-state index in [1.165, 1.54) is 23.1 Å². The van der Waals surface area contributed by atoms with Crippen LogP contribution in [0.1, 0.15) is 23.0 Å². The van der Waals surface area contributed by atoms with Crippen molar-refractivity contribution in [3.63, 3.8) is 0 Å². The van der Waals surface area contributed by atoms with Crippen LogP contribution in [-0.4, -0.2) is 34.4 Å². The van der Waals surface area contributed by atoms with Crippen LogP contribution in [0.3, 0.4) is 0 Å². The maximum absolute atomic E-state index is 12.5. The van der Waals surface area contributed by atoms with Crippen LogP contribution in [0.25, 0.3) is 11.0 Å². The summed E-state index contributed by atoms with van der Waals surface area (Å²) in [6.45, 7) is 3.87. The molecule has 1 N–H and O–H groups in total. The number of carbonyl (C=O) groups is 2. The van der Waals surface area contributed by atoms with E-state index in [1.807, 2.05) is 0 Å². The second-order valence-corrected chi connectivity index (χ2v) is 7.75. The molecule has 0 saturated carbocycles. The van der Waals surface area contributed by atoms with Crippen LogP contribution in [0, 0.1) is 6.92 Å². The SMILES string of the molecule is CCOC(=O)CSc1nnc(NC(=O)c2oc3ccc(Cl)cc3c2C)s1. The zero-order valence-electron chi connectivity index (χ0n) is 13.9. The molecule has 1 amide bonds. The van der Waals surface area contributed by atoms with Gasteiger partial charge in [0.1, 0.15) is 5.58 Å². The van der Waals surface area contributed by atoms with E-state index >= 15 is 0 Å². The number of furan rings is 1. The van der Waals surface area contributed by atoms with E-state index in [0.717, 1.165) is 5.39 Å². The lowest BCUT2D eigenvalue weighted by atomic mass is 10.1. The lowest BCUT2D eigenvalue weighted by Crippen LogP contribution is -2.11. The van der Waals surface area contributed by atoms with E-state index in [-0.39, 0.29) is 17.5 Å². The van der Waals surface area contributed by atoms with Crippen LogP contribution in [-0.2, 0) is 9.53 Å². The van der Waals surface area contributed by atoms with Gasteiger partial charge < -0.3 is 9.15 Å². The summed E-state index contributed by atoms with van der Waals surface area (Å²) in [7, 11) is 0. The minimum atomic E-state index is -0.423. The number of esters is 1. The quantitative estimate of drug-likeness (QED) is 0.369. The topological polar surface area (TPSA) is 94.3 Å². The van der Waals surface area contributed by atoms with Gasteiger partial charge in [0.05, 0.1) is 12.4 Å². The molecule has 0 spiro atoms. The number of ether oxygens (including phenoxy) is 1. The van der Waals surface area contributed by atoms with Crippen molar-refractivity contribution in [2.75, 3.05) is 17.7 Å². The van der Waals surface area contributed by atoms with E-state index in [1.54, 1.807) is 32.0 Å². The van der Waals surface area contributed by atoms with Crippen LogP contribution >= 0.6 is 34.7 Å². The Labute approximate surface area is 162 Å². The third-order valence-electron chi connectivity index (χ3n) is 3.35. The number of hydrogen-bond acceptors (Lipinski definition) is 8. The first-order chi connectivity index (χ1) is 12.5. The van der Waals surface area contributed by atoms with Crippen molar-refractivity contribution in [3.8, 4) is 0 Å². The number of hydrogen-bond donors (Lipinski definition) is 1. The van der Waals surface area contributed by atoms with Crippen LogP contribution in [0.4, 0.5) is 5.13 Å². The second kappa shape index (κ2) is 8.07. The first-order valence-electron chi connectivity index (χ1n) is 7.60. The van der Waals surface area contributed by atoms with Crippen molar-refractivity contribution in [1.82, 2.24) is 10.2 Å². The molecule has 7 nitrogen and oxygen atoms in total. The highest BCUT2D eigenvalue weighted by Crippen LogP contribution is 2.30. The fourth-order valence-corrected chi connectivity index (χ4v) is 3.92. The third kappa shape index (κ3) is 4.17. The van der Waals surface area contributed by atoms with E-state index in [2.05, 4.69) is 15.5 Å². The molecule has 0 fully saturated rings. The molecule has 0 unspecified atom stereocenters. The number of thioether (sulfide) groups is 1. The highest BCUT2D eigenvalue weighted by atomic mass is 35.5. The molecule has 3 rings (SSSR count). The smallest absolute Gasteiger partial charge is 0.316 e. The van der Waals surface area contributed by atoms with Crippen molar-refractivity contribution < 1.29 is 18.7 Å². The highest BCUT2D eigenvalue weighted by Gasteiger charge is 2.19. The lowest BCUT2D eigenvalue weighted by Gasteiger charge is -1.99. The number of amides is 1. The monoisotopic (exact) mass is 411 g/mol. The molecule has 136 valence electrons. The van der Waals surface area contributed by atoms with Gasteiger partial charge in [-0.05, 0) is 32.0 Å². The summed E-state index contributed by atoms with van der Waals surface area (Å²) in [6, 6.07) is 5.17. The van der Waals surface area contributed by atoms with Crippen molar-refractivity contribution in [2.45, 2.75) is 18.2 Å². The summed E-state index contributed by atoms with van der Waals surface area (Å²) in [5.74, 6) is -0.416. The Balaban J connectivity index is 1.69. The molecule has 3 aromatic rings. The first-order valence-corrected chi connectivity index (χ1v) is 9.78. The molecule has 0 aliphatic carbocycles. The minimum absolute atomic E-state index is 0.139. The fourth-order valence-electron chi connectivity index (χ4n) is 2.21. The number of rotatable bonds is 6. The van der Waals surface area contributed by atoms with Crippen LogP contribution in [0.5, 0.6) is 0 Å². The molecule has 0 radical (unpaired) electrons. The van der Waals surface area contributed by atoms with Crippen LogP contribution in [0.2, 0.25) is 5.02 Å². The van der Waals surface area contributed by atoms with E-state index in [9.17, 15) is 9.59 Å². The number of carbonyl (C=O) groups excluding carboxylic acids is 2. The van der Waals surface area contributed by atoms with E-state index in [4.69, 9.17) is 20.8 Å². The molecule has 1 aromatic carbocycles. The predicted octanol–water partition coefficient (Wildman–Crippen LogP) is 4.15. The van der Waals surface area contributed by atoms with Gasteiger partial charge in [0, 0.05) is 16.0 Å². The first kappa shape index (κ1) is 18.7. The van der Waals surface area contributed by atoms with Gasteiger partial charge in [-0.2, -0.15) is 0 Å². The van der Waals surface area contributed by atoms with Crippen molar-refractivity contribution in [3.05, 3.63) is 34.5 Å². The number of nitrogens with one attached hydrogen (secondary N) is 1. The van der Waals surface area contributed by atoms with Gasteiger partial charge in [0.15, 0.2) is 10.1 Å². The van der Waals surface area contributed by atoms with Gasteiger partial charge in [0.2, 0.25) is 5.13 Å².